The fourth-order valence-corrected chi connectivity index (χ4v) is 3.43. The Morgan fingerprint density at radius 1 is 1.42 bits per heavy atom. The standard InChI is InChI=1S/C15H19ClN2O/c1-2-17-7-3-4-13(17)10-18-9-11-5-6-12(16)8-14(11)15(18)19/h5-6,8,13H,2-4,7,9-10H2,1H3/t13-/m1/s1. The molecular formula is C15H19ClN2O. The van der Waals surface area contributed by atoms with E-state index in [2.05, 4.69) is 11.8 Å². The van der Waals surface area contributed by atoms with Crippen LogP contribution < -0.4 is 0 Å². The predicted molar refractivity (Wildman–Crippen MR) is 76.5 cm³/mol. The highest BCUT2D eigenvalue weighted by Gasteiger charge is 2.32. The number of halogens is 1. The summed E-state index contributed by atoms with van der Waals surface area (Å²) < 4.78 is 0. The minimum Gasteiger partial charge on any atom is -0.333 e. The van der Waals surface area contributed by atoms with Crippen molar-refractivity contribution in [2.45, 2.75) is 32.4 Å². The van der Waals surface area contributed by atoms with Gasteiger partial charge < -0.3 is 4.90 Å². The molecule has 1 atom stereocenters. The quantitative estimate of drug-likeness (QED) is 0.849. The molecule has 1 fully saturated rings. The number of likely N-dealkylation sites (tertiary alicyclic amines) is 1. The van der Waals surface area contributed by atoms with Crippen LogP contribution in [0.1, 0.15) is 35.7 Å². The molecule has 0 aromatic heterocycles. The summed E-state index contributed by atoms with van der Waals surface area (Å²) in [6, 6.07) is 6.16. The van der Waals surface area contributed by atoms with Crippen LogP contribution in [-0.2, 0) is 6.54 Å². The minimum absolute atomic E-state index is 0.139. The molecule has 1 aromatic carbocycles. The smallest absolute Gasteiger partial charge is 0.254 e. The summed E-state index contributed by atoms with van der Waals surface area (Å²) in [5.41, 5.74) is 1.89. The van der Waals surface area contributed by atoms with Crippen LogP contribution in [0.3, 0.4) is 0 Å². The van der Waals surface area contributed by atoms with E-state index in [4.69, 9.17) is 11.6 Å². The molecule has 0 radical (unpaired) electrons. The van der Waals surface area contributed by atoms with Gasteiger partial charge in [-0.1, -0.05) is 24.6 Å². The second-order valence-corrected chi connectivity index (χ2v) is 5.85. The van der Waals surface area contributed by atoms with E-state index in [9.17, 15) is 4.79 Å². The van der Waals surface area contributed by atoms with E-state index < -0.39 is 0 Å². The minimum atomic E-state index is 0.139. The summed E-state index contributed by atoms with van der Waals surface area (Å²) >= 11 is 5.97. The van der Waals surface area contributed by atoms with Crippen molar-refractivity contribution in [2.24, 2.45) is 0 Å². The van der Waals surface area contributed by atoms with Crippen LogP contribution in [0, 0.1) is 0 Å². The maximum Gasteiger partial charge on any atom is 0.254 e. The van der Waals surface area contributed by atoms with E-state index in [-0.39, 0.29) is 5.91 Å². The van der Waals surface area contributed by atoms with Crippen molar-refractivity contribution in [3.8, 4) is 0 Å². The highest BCUT2D eigenvalue weighted by atomic mass is 35.5. The second-order valence-electron chi connectivity index (χ2n) is 5.41. The zero-order valence-corrected chi connectivity index (χ0v) is 12.0. The number of amides is 1. The molecule has 2 aliphatic rings. The number of fused-ring (bicyclic) bond motifs is 1. The van der Waals surface area contributed by atoms with E-state index in [1.54, 1.807) is 6.07 Å². The Kier molecular flexibility index (Phi) is 3.50. The van der Waals surface area contributed by atoms with Crippen LogP contribution in [0.2, 0.25) is 5.02 Å². The Morgan fingerprint density at radius 3 is 3.05 bits per heavy atom. The highest BCUT2D eigenvalue weighted by molar-refractivity contribution is 6.31. The number of hydrogen-bond donors (Lipinski definition) is 0. The summed E-state index contributed by atoms with van der Waals surface area (Å²) in [5.74, 6) is 0.139. The van der Waals surface area contributed by atoms with Gasteiger partial charge in [0.2, 0.25) is 0 Å². The highest BCUT2D eigenvalue weighted by Crippen LogP contribution is 2.27. The summed E-state index contributed by atoms with van der Waals surface area (Å²) in [6.07, 6.45) is 2.45. The summed E-state index contributed by atoms with van der Waals surface area (Å²) in [6.45, 7) is 6.02. The average molecular weight is 279 g/mol. The first kappa shape index (κ1) is 12.9. The Hall–Kier alpha value is -1.06. The fourth-order valence-electron chi connectivity index (χ4n) is 3.25. The molecule has 3 nitrogen and oxygen atoms in total. The van der Waals surface area contributed by atoms with Crippen molar-refractivity contribution in [3.63, 3.8) is 0 Å². The summed E-state index contributed by atoms with van der Waals surface area (Å²) in [5, 5.41) is 0.644. The number of carbonyl (C=O) groups excluding carboxylic acids is 1. The van der Waals surface area contributed by atoms with Gasteiger partial charge in [-0.3, -0.25) is 9.69 Å². The molecule has 0 spiro atoms. The predicted octanol–water partition coefficient (Wildman–Crippen LogP) is 2.78. The van der Waals surface area contributed by atoms with Crippen LogP contribution in [0.4, 0.5) is 0 Å². The maximum atomic E-state index is 12.4. The van der Waals surface area contributed by atoms with Gasteiger partial charge in [-0.15, -0.1) is 0 Å². The zero-order chi connectivity index (χ0) is 13.4. The summed E-state index contributed by atoms with van der Waals surface area (Å²) in [4.78, 5) is 16.8. The molecule has 0 N–H and O–H groups in total. The first-order valence-electron chi connectivity index (χ1n) is 7.01. The molecule has 0 aliphatic carbocycles. The molecule has 0 saturated carbocycles. The topological polar surface area (TPSA) is 23.6 Å². The van der Waals surface area contributed by atoms with Crippen molar-refractivity contribution in [1.29, 1.82) is 0 Å². The van der Waals surface area contributed by atoms with Crippen LogP contribution in [0.25, 0.3) is 0 Å². The molecule has 3 rings (SSSR count). The Labute approximate surface area is 119 Å². The van der Waals surface area contributed by atoms with E-state index in [0.29, 0.717) is 11.1 Å². The van der Waals surface area contributed by atoms with Crippen LogP contribution >= 0.6 is 11.6 Å². The molecule has 1 aromatic rings. The number of benzene rings is 1. The van der Waals surface area contributed by atoms with Gasteiger partial charge in [-0.2, -0.15) is 0 Å². The largest absolute Gasteiger partial charge is 0.333 e. The lowest BCUT2D eigenvalue weighted by Crippen LogP contribution is -2.40. The van der Waals surface area contributed by atoms with Gasteiger partial charge in [0.1, 0.15) is 0 Å². The maximum absolute atomic E-state index is 12.4. The van der Waals surface area contributed by atoms with Gasteiger partial charge in [-0.25, -0.2) is 0 Å². The van der Waals surface area contributed by atoms with Gasteiger partial charge in [-0.05, 0) is 43.6 Å². The average Bonchev–Trinajstić information content (AvgIpc) is 2.97. The van der Waals surface area contributed by atoms with Gasteiger partial charge in [0.15, 0.2) is 0 Å². The third-order valence-electron chi connectivity index (χ3n) is 4.29. The molecule has 1 amide bonds. The molecule has 1 saturated heterocycles. The van der Waals surface area contributed by atoms with Crippen molar-refractivity contribution in [2.75, 3.05) is 19.6 Å². The Balaban J connectivity index is 1.73. The molecule has 0 unspecified atom stereocenters. The normalized spacial score (nSPS) is 23.2. The number of carbonyl (C=O) groups is 1. The van der Waals surface area contributed by atoms with E-state index in [1.807, 2.05) is 17.0 Å². The van der Waals surface area contributed by atoms with Crippen molar-refractivity contribution >= 4 is 17.5 Å². The summed E-state index contributed by atoms with van der Waals surface area (Å²) in [7, 11) is 0. The third kappa shape index (κ3) is 2.37. The Morgan fingerprint density at radius 2 is 2.26 bits per heavy atom. The number of hydrogen-bond acceptors (Lipinski definition) is 2. The van der Waals surface area contributed by atoms with Crippen LogP contribution in [-0.4, -0.2) is 41.4 Å². The molecule has 2 heterocycles. The molecule has 102 valence electrons. The van der Waals surface area contributed by atoms with E-state index >= 15 is 0 Å². The van der Waals surface area contributed by atoms with Crippen molar-refractivity contribution in [1.82, 2.24) is 9.80 Å². The van der Waals surface area contributed by atoms with Crippen LogP contribution in [0.15, 0.2) is 18.2 Å². The van der Waals surface area contributed by atoms with Crippen LogP contribution in [0.5, 0.6) is 0 Å². The lowest BCUT2D eigenvalue weighted by molar-refractivity contribution is 0.0731. The van der Waals surface area contributed by atoms with Crippen molar-refractivity contribution < 1.29 is 4.79 Å². The lowest BCUT2D eigenvalue weighted by atomic mass is 10.1. The molecule has 0 bridgehead atoms. The monoisotopic (exact) mass is 278 g/mol. The zero-order valence-electron chi connectivity index (χ0n) is 11.2. The molecule has 2 aliphatic heterocycles. The van der Waals surface area contributed by atoms with Crippen molar-refractivity contribution in [3.05, 3.63) is 34.3 Å². The van der Waals surface area contributed by atoms with Gasteiger partial charge in [0, 0.05) is 29.7 Å². The first-order valence-corrected chi connectivity index (χ1v) is 7.38. The number of nitrogens with zero attached hydrogens (tertiary/aromatic N) is 2. The third-order valence-corrected chi connectivity index (χ3v) is 4.52. The lowest BCUT2D eigenvalue weighted by Gasteiger charge is -2.27. The molecule has 4 heteroatoms. The first-order chi connectivity index (χ1) is 9.19. The Bertz CT molecular complexity index is 503. The number of likely N-dealkylation sites (N-methyl/N-ethyl adjacent to an activating group) is 1. The SMILES string of the molecule is CCN1CCC[C@@H]1CN1Cc2ccc(Cl)cc2C1=O. The van der Waals surface area contributed by atoms with Gasteiger partial charge in [0.05, 0.1) is 0 Å². The fraction of sp³-hybridized carbons (Fsp3) is 0.533. The number of rotatable bonds is 3. The van der Waals surface area contributed by atoms with Gasteiger partial charge >= 0.3 is 0 Å². The van der Waals surface area contributed by atoms with E-state index in [0.717, 1.165) is 30.8 Å². The molecule has 19 heavy (non-hydrogen) atoms. The second kappa shape index (κ2) is 5.14. The van der Waals surface area contributed by atoms with E-state index in [1.165, 1.54) is 19.4 Å². The van der Waals surface area contributed by atoms with Gasteiger partial charge in [0.25, 0.3) is 5.91 Å². The molecular weight excluding hydrogens is 260 g/mol.